The first kappa shape index (κ1) is 11.6. The molecule has 0 unspecified atom stereocenters. The van der Waals surface area contributed by atoms with Gasteiger partial charge in [0, 0.05) is 11.1 Å². The maximum Gasteiger partial charge on any atom is 0.238 e. The standard InChI is InChI=1S/C12H11N2O2S/c13-11-7-3-1-5-9(11)10-6-2-4-8-12(10)17(14,15)16/h1-8,13H,(H2,14,15,16). The summed E-state index contributed by atoms with van der Waals surface area (Å²) in [5.41, 5.74) is 9.05. The fraction of sp³-hybridized carbons (Fsp3) is 0. The topological polar surface area (TPSA) is 84.0 Å². The molecule has 0 aliphatic carbocycles. The maximum atomic E-state index is 11.5. The Labute approximate surface area is 99.9 Å². The second kappa shape index (κ2) is 4.20. The molecule has 2 aromatic rings. The van der Waals surface area contributed by atoms with Crippen LogP contribution in [-0.2, 0) is 10.0 Å². The molecule has 0 aliphatic heterocycles. The number of sulfonamides is 1. The van der Waals surface area contributed by atoms with Crippen molar-refractivity contribution in [2.45, 2.75) is 4.90 Å². The highest BCUT2D eigenvalue weighted by atomic mass is 32.2. The van der Waals surface area contributed by atoms with Gasteiger partial charge in [-0.3, -0.25) is 0 Å². The molecule has 17 heavy (non-hydrogen) atoms. The molecule has 0 heterocycles. The monoisotopic (exact) mass is 247 g/mol. The van der Waals surface area contributed by atoms with Gasteiger partial charge in [0.05, 0.1) is 10.6 Å². The molecule has 0 aliphatic rings. The first-order chi connectivity index (χ1) is 8.00. The lowest BCUT2D eigenvalue weighted by Crippen LogP contribution is -2.13. The van der Waals surface area contributed by atoms with Gasteiger partial charge in [-0.05, 0) is 12.1 Å². The predicted molar refractivity (Wildman–Crippen MR) is 66.0 cm³/mol. The molecule has 4 nitrogen and oxygen atoms in total. The van der Waals surface area contributed by atoms with E-state index in [9.17, 15) is 8.42 Å². The van der Waals surface area contributed by atoms with Crippen LogP contribution in [0.25, 0.3) is 11.1 Å². The highest BCUT2D eigenvalue weighted by Crippen LogP contribution is 2.31. The van der Waals surface area contributed by atoms with E-state index in [1.807, 2.05) is 0 Å². The molecule has 2 rings (SSSR count). The van der Waals surface area contributed by atoms with Crippen LogP contribution in [0.2, 0.25) is 0 Å². The van der Waals surface area contributed by atoms with Crippen molar-refractivity contribution in [2.75, 3.05) is 0 Å². The van der Waals surface area contributed by atoms with Crippen molar-refractivity contribution in [3.05, 3.63) is 48.5 Å². The van der Waals surface area contributed by atoms with Crippen molar-refractivity contribution in [1.82, 2.24) is 5.73 Å². The molecule has 0 atom stereocenters. The largest absolute Gasteiger partial charge is 0.300 e. The zero-order valence-electron chi connectivity index (χ0n) is 8.92. The Morgan fingerprint density at radius 3 is 2.00 bits per heavy atom. The van der Waals surface area contributed by atoms with Gasteiger partial charge in [-0.2, -0.15) is 0 Å². The molecule has 87 valence electrons. The molecule has 0 aromatic heterocycles. The average Bonchev–Trinajstić information content (AvgIpc) is 2.28. The lowest BCUT2D eigenvalue weighted by Gasteiger charge is -2.09. The molecule has 2 aromatic carbocycles. The highest BCUT2D eigenvalue weighted by Gasteiger charge is 2.15. The Hall–Kier alpha value is -1.85. The summed E-state index contributed by atoms with van der Waals surface area (Å²) in [4.78, 5) is 0.0414. The van der Waals surface area contributed by atoms with E-state index in [4.69, 9.17) is 10.9 Å². The molecular weight excluding hydrogens is 236 g/mol. The Morgan fingerprint density at radius 2 is 1.41 bits per heavy atom. The second-order valence-corrected chi connectivity index (χ2v) is 5.12. The molecule has 0 saturated heterocycles. The summed E-state index contributed by atoms with van der Waals surface area (Å²) in [5.74, 6) is 0. The molecule has 5 heteroatoms. The van der Waals surface area contributed by atoms with Crippen LogP contribution in [0.15, 0.2) is 53.4 Å². The van der Waals surface area contributed by atoms with E-state index in [1.54, 1.807) is 42.5 Å². The van der Waals surface area contributed by atoms with Crippen molar-refractivity contribution >= 4 is 15.7 Å². The van der Waals surface area contributed by atoms with Crippen LogP contribution in [0.1, 0.15) is 0 Å². The van der Waals surface area contributed by atoms with E-state index in [0.717, 1.165) is 0 Å². The van der Waals surface area contributed by atoms with Crippen LogP contribution < -0.4 is 10.9 Å². The number of nitrogens with one attached hydrogen (secondary N) is 1. The molecule has 0 amide bonds. The molecule has 0 saturated carbocycles. The summed E-state index contributed by atoms with van der Waals surface area (Å²) in [6.07, 6.45) is 0. The Balaban J connectivity index is 2.74. The van der Waals surface area contributed by atoms with Gasteiger partial charge in [-0.15, -0.1) is 0 Å². The van der Waals surface area contributed by atoms with Gasteiger partial charge in [0.1, 0.15) is 0 Å². The summed E-state index contributed by atoms with van der Waals surface area (Å²) < 4.78 is 22.9. The van der Waals surface area contributed by atoms with E-state index in [0.29, 0.717) is 11.1 Å². The quantitative estimate of drug-likeness (QED) is 0.879. The predicted octanol–water partition coefficient (Wildman–Crippen LogP) is 1.92. The van der Waals surface area contributed by atoms with Gasteiger partial charge in [-0.1, -0.05) is 36.4 Å². The first-order valence-electron chi connectivity index (χ1n) is 4.93. The number of hydrogen-bond donors (Lipinski definition) is 1. The summed E-state index contributed by atoms with van der Waals surface area (Å²) >= 11 is 0. The molecular formula is C12H11N2O2S. The maximum absolute atomic E-state index is 11.5. The molecule has 0 spiro atoms. The zero-order valence-corrected chi connectivity index (χ0v) is 9.74. The average molecular weight is 247 g/mol. The number of hydrogen-bond acceptors (Lipinski definition) is 2. The molecule has 1 radical (unpaired) electrons. The minimum Gasteiger partial charge on any atom is -0.300 e. The lowest BCUT2D eigenvalue weighted by atomic mass is 10.0. The smallest absolute Gasteiger partial charge is 0.238 e. The highest BCUT2D eigenvalue weighted by molar-refractivity contribution is 7.89. The van der Waals surface area contributed by atoms with Crippen LogP contribution in [0, 0.1) is 0 Å². The third kappa shape index (κ3) is 2.30. The van der Waals surface area contributed by atoms with E-state index < -0.39 is 10.0 Å². The van der Waals surface area contributed by atoms with Gasteiger partial charge in [0.25, 0.3) is 0 Å². The third-order valence-electron chi connectivity index (χ3n) is 2.41. The van der Waals surface area contributed by atoms with Gasteiger partial charge in [-0.25, -0.2) is 13.6 Å². The van der Waals surface area contributed by atoms with Crippen molar-refractivity contribution < 1.29 is 8.42 Å². The summed E-state index contributed by atoms with van der Waals surface area (Å²) in [6.45, 7) is 0. The van der Waals surface area contributed by atoms with E-state index in [1.165, 1.54) is 6.07 Å². The fourth-order valence-electron chi connectivity index (χ4n) is 1.66. The number of rotatable bonds is 2. The van der Waals surface area contributed by atoms with Gasteiger partial charge in [0.2, 0.25) is 10.0 Å². The normalized spacial score (nSPS) is 11.4. The summed E-state index contributed by atoms with van der Waals surface area (Å²) in [5, 5.41) is 5.16. The van der Waals surface area contributed by atoms with E-state index >= 15 is 0 Å². The number of nitrogens with two attached hydrogens (primary N) is 1. The van der Waals surface area contributed by atoms with Gasteiger partial charge in [0.15, 0.2) is 0 Å². The van der Waals surface area contributed by atoms with Crippen molar-refractivity contribution in [1.29, 1.82) is 0 Å². The van der Waals surface area contributed by atoms with Crippen LogP contribution in [-0.4, -0.2) is 8.42 Å². The summed E-state index contributed by atoms with van der Waals surface area (Å²) in [7, 11) is -3.78. The molecule has 3 N–H and O–H groups in total. The minimum absolute atomic E-state index is 0.0414. The van der Waals surface area contributed by atoms with Crippen LogP contribution in [0.5, 0.6) is 0 Å². The van der Waals surface area contributed by atoms with Gasteiger partial charge < -0.3 is 5.73 Å². The lowest BCUT2D eigenvalue weighted by molar-refractivity contribution is 0.598. The van der Waals surface area contributed by atoms with Crippen molar-refractivity contribution in [3.8, 4) is 11.1 Å². The van der Waals surface area contributed by atoms with Crippen LogP contribution >= 0.6 is 0 Å². The Kier molecular flexibility index (Phi) is 2.87. The van der Waals surface area contributed by atoms with E-state index in [-0.39, 0.29) is 10.6 Å². The number of benzene rings is 2. The molecule has 0 bridgehead atoms. The van der Waals surface area contributed by atoms with Crippen LogP contribution in [0.3, 0.4) is 0 Å². The Morgan fingerprint density at radius 1 is 0.882 bits per heavy atom. The Bertz CT molecular complexity index is 651. The zero-order chi connectivity index (χ0) is 12.5. The second-order valence-electron chi connectivity index (χ2n) is 3.59. The SMILES string of the molecule is [NH]c1ccccc1-c1ccccc1S(N)(=O)=O. The van der Waals surface area contributed by atoms with E-state index in [2.05, 4.69) is 0 Å². The first-order valence-corrected chi connectivity index (χ1v) is 6.47. The molecule has 0 fully saturated rings. The minimum atomic E-state index is -3.78. The van der Waals surface area contributed by atoms with Crippen LogP contribution in [0.4, 0.5) is 5.69 Å². The van der Waals surface area contributed by atoms with Gasteiger partial charge >= 0.3 is 0 Å². The van der Waals surface area contributed by atoms with Crippen molar-refractivity contribution in [3.63, 3.8) is 0 Å². The third-order valence-corrected chi connectivity index (χ3v) is 3.38. The number of primary sulfonamides is 1. The summed E-state index contributed by atoms with van der Waals surface area (Å²) in [6, 6.07) is 13.2. The van der Waals surface area contributed by atoms with Crippen molar-refractivity contribution in [2.24, 2.45) is 5.14 Å². The fourth-order valence-corrected chi connectivity index (χ4v) is 2.41.